The number of methoxy groups -OCH3 is 4. The summed E-state index contributed by atoms with van der Waals surface area (Å²) in [6.45, 7) is 4.66. The van der Waals surface area contributed by atoms with Gasteiger partial charge in [0.1, 0.15) is 17.2 Å². The normalized spacial score (nSPS) is 15.4. The molecular formula is C39H36O5. The molecule has 5 nitrogen and oxygen atoms in total. The van der Waals surface area contributed by atoms with E-state index in [-0.39, 0.29) is 5.41 Å². The third-order valence-corrected chi connectivity index (χ3v) is 9.18. The van der Waals surface area contributed by atoms with Crippen molar-refractivity contribution in [3.8, 4) is 39.9 Å². The van der Waals surface area contributed by atoms with Crippen LogP contribution in [0.25, 0.3) is 28.0 Å². The molecule has 44 heavy (non-hydrogen) atoms. The Morgan fingerprint density at radius 2 is 1.23 bits per heavy atom. The monoisotopic (exact) mass is 584 g/mol. The lowest BCUT2D eigenvalue weighted by Gasteiger charge is -2.42. The average Bonchev–Trinajstić information content (AvgIpc) is 3.06. The quantitative estimate of drug-likeness (QED) is 0.200. The molecule has 0 fully saturated rings. The highest BCUT2D eigenvalue weighted by Gasteiger charge is 2.42. The predicted octanol–water partition coefficient (Wildman–Crippen LogP) is 8.72. The van der Waals surface area contributed by atoms with Crippen molar-refractivity contribution in [2.75, 3.05) is 28.4 Å². The number of hydrogen-bond donors (Lipinski definition) is 0. The van der Waals surface area contributed by atoms with Crippen molar-refractivity contribution < 1.29 is 23.7 Å². The second kappa shape index (κ2) is 10.4. The van der Waals surface area contributed by atoms with Crippen LogP contribution >= 0.6 is 0 Å². The number of benzene rings is 5. The van der Waals surface area contributed by atoms with Crippen LogP contribution in [0.15, 0.2) is 91.0 Å². The van der Waals surface area contributed by atoms with E-state index in [2.05, 4.69) is 86.7 Å². The summed E-state index contributed by atoms with van der Waals surface area (Å²) in [6, 6.07) is 29.1. The summed E-state index contributed by atoms with van der Waals surface area (Å²) in [6.07, 6.45) is 5.39. The van der Waals surface area contributed by atoms with Crippen LogP contribution in [-0.2, 0) is 17.4 Å². The first-order valence-corrected chi connectivity index (χ1v) is 14.9. The van der Waals surface area contributed by atoms with Gasteiger partial charge in [0.05, 0.1) is 28.4 Å². The summed E-state index contributed by atoms with van der Waals surface area (Å²) in [5.41, 5.74) is 7.10. The molecule has 1 heterocycles. The van der Waals surface area contributed by atoms with Gasteiger partial charge >= 0.3 is 0 Å². The first-order chi connectivity index (χ1) is 21.3. The van der Waals surface area contributed by atoms with E-state index in [1.165, 1.54) is 22.3 Å². The van der Waals surface area contributed by atoms with Crippen molar-refractivity contribution in [1.29, 1.82) is 0 Å². The highest BCUT2D eigenvalue weighted by atomic mass is 16.5. The predicted molar refractivity (Wildman–Crippen MR) is 176 cm³/mol. The fourth-order valence-corrected chi connectivity index (χ4v) is 7.09. The Balaban J connectivity index is 1.58. The highest BCUT2D eigenvalue weighted by molar-refractivity contribution is 6.08. The van der Waals surface area contributed by atoms with Crippen molar-refractivity contribution >= 4 is 16.8 Å². The number of ether oxygens (including phenoxy) is 5. The number of fused-ring (bicyclic) bond motifs is 8. The van der Waals surface area contributed by atoms with Crippen molar-refractivity contribution in [3.63, 3.8) is 0 Å². The largest absolute Gasteiger partial charge is 0.497 e. The molecule has 0 N–H and O–H groups in total. The zero-order chi connectivity index (χ0) is 30.6. The first kappa shape index (κ1) is 27.9. The van der Waals surface area contributed by atoms with Gasteiger partial charge in [0.15, 0.2) is 17.1 Å². The minimum absolute atomic E-state index is 0.150. The van der Waals surface area contributed by atoms with E-state index in [4.69, 9.17) is 23.7 Å². The van der Waals surface area contributed by atoms with E-state index in [0.29, 0.717) is 11.5 Å². The molecule has 0 aromatic heterocycles. The topological polar surface area (TPSA) is 46.2 Å². The summed E-state index contributed by atoms with van der Waals surface area (Å²) in [5.74, 6) is 3.74. The molecule has 2 aliphatic rings. The molecule has 222 valence electrons. The van der Waals surface area contributed by atoms with Gasteiger partial charge in [-0.3, -0.25) is 0 Å². The van der Waals surface area contributed by atoms with Gasteiger partial charge in [-0.25, -0.2) is 0 Å². The molecule has 5 heteroatoms. The van der Waals surface area contributed by atoms with Gasteiger partial charge in [0.2, 0.25) is 0 Å². The van der Waals surface area contributed by atoms with Gasteiger partial charge in [-0.05, 0) is 82.0 Å². The van der Waals surface area contributed by atoms with Crippen LogP contribution in [0.1, 0.15) is 41.7 Å². The zero-order valence-electron chi connectivity index (χ0n) is 26.0. The molecule has 7 rings (SSSR count). The van der Waals surface area contributed by atoms with Gasteiger partial charge in [0.25, 0.3) is 0 Å². The lowest BCUT2D eigenvalue weighted by Crippen LogP contribution is -2.36. The van der Waals surface area contributed by atoms with Crippen LogP contribution in [0.2, 0.25) is 0 Å². The van der Waals surface area contributed by atoms with E-state index in [9.17, 15) is 0 Å². The third-order valence-electron chi connectivity index (χ3n) is 9.18. The lowest BCUT2D eigenvalue weighted by molar-refractivity contribution is 0.163. The molecular weight excluding hydrogens is 548 g/mol. The Morgan fingerprint density at radius 1 is 0.659 bits per heavy atom. The first-order valence-electron chi connectivity index (χ1n) is 14.9. The summed E-state index contributed by atoms with van der Waals surface area (Å²) in [7, 11) is 6.72. The van der Waals surface area contributed by atoms with Crippen LogP contribution in [0.4, 0.5) is 0 Å². The molecule has 1 aliphatic carbocycles. The Labute approximate surface area is 258 Å². The lowest BCUT2D eigenvalue weighted by atomic mass is 9.66. The fourth-order valence-electron chi connectivity index (χ4n) is 7.09. The summed E-state index contributed by atoms with van der Waals surface area (Å²) >= 11 is 0. The van der Waals surface area contributed by atoms with Crippen LogP contribution < -0.4 is 23.7 Å². The van der Waals surface area contributed by atoms with E-state index in [1.807, 2.05) is 24.3 Å². The Kier molecular flexibility index (Phi) is 6.58. The minimum atomic E-state index is -0.906. The Morgan fingerprint density at radius 3 is 1.80 bits per heavy atom. The van der Waals surface area contributed by atoms with Gasteiger partial charge in [-0.2, -0.15) is 0 Å². The second-order valence-electron chi connectivity index (χ2n) is 12.1. The Bertz CT molecular complexity index is 1870. The van der Waals surface area contributed by atoms with E-state index in [0.717, 1.165) is 51.1 Å². The molecule has 1 aliphatic heterocycles. The summed E-state index contributed by atoms with van der Waals surface area (Å²) in [4.78, 5) is 0. The van der Waals surface area contributed by atoms with Crippen molar-refractivity contribution in [1.82, 2.24) is 0 Å². The standard InChI is InChI=1S/C39H36O5/c1-38(2)23-24-9-7-8-10-29(24)35-31-21-33(42-5)34(43-6)22-32(31)37-30(36(35)38)19-20-39(44-37,25-11-15-27(40-3)16-12-25)26-13-17-28(41-4)18-14-26/h7-22H,23H2,1-6H3. The molecule has 0 spiro atoms. The summed E-state index contributed by atoms with van der Waals surface area (Å²) in [5, 5.41) is 2.05. The second-order valence-corrected chi connectivity index (χ2v) is 12.1. The van der Waals surface area contributed by atoms with Gasteiger partial charge in [-0.1, -0.05) is 68.5 Å². The van der Waals surface area contributed by atoms with Crippen molar-refractivity contribution in [2.24, 2.45) is 0 Å². The van der Waals surface area contributed by atoms with Crippen LogP contribution in [0.5, 0.6) is 28.7 Å². The Hall–Kier alpha value is -4.90. The maximum atomic E-state index is 7.41. The smallest absolute Gasteiger partial charge is 0.178 e. The van der Waals surface area contributed by atoms with Crippen LogP contribution in [0, 0.1) is 0 Å². The van der Waals surface area contributed by atoms with Crippen LogP contribution in [-0.4, -0.2) is 28.4 Å². The zero-order valence-corrected chi connectivity index (χ0v) is 26.0. The molecule has 0 saturated heterocycles. The van der Waals surface area contributed by atoms with E-state index >= 15 is 0 Å². The van der Waals surface area contributed by atoms with Gasteiger partial charge in [0, 0.05) is 22.1 Å². The molecule has 0 saturated carbocycles. The van der Waals surface area contributed by atoms with Crippen LogP contribution in [0.3, 0.4) is 0 Å². The molecule has 0 amide bonds. The fraction of sp³-hybridized carbons (Fsp3) is 0.231. The maximum absolute atomic E-state index is 7.41. The van der Waals surface area contributed by atoms with Crippen molar-refractivity contribution in [3.05, 3.63) is 119 Å². The van der Waals surface area contributed by atoms with Gasteiger partial charge in [-0.15, -0.1) is 0 Å². The van der Waals surface area contributed by atoms with Crippen molar-refractivity contribution in [2.45, 2.75) is 31.3 Å². The number of rotatable bonds is 6. The van der Waals surface area contributed by atoms with Gasteiger partial charge < -0.3 is 23.7 Å². The highest BCUT2D eigenvalue weighted by Crippen LogP contribution is 2.56. The third kappa shape index (κ3) is 4.14. The maximum Gasteiger partial charge on any atom is 0.178 e. The molecule has 0 bridgehead atoms. The summed E-state index contributed by atoms with van der Waals surface area (Å²) < 4.78 is 30.1. The molecule has 0 radical (unpaired) electrons. The SMILES string of the molecule is COc1ccc(C2(c3ccc(OC)cc3)C=Cc3c4c(c5cc(OC)c(OC)cc5c3O2)-c2ccccc2CC4(C)C)cc1. The molecule has 5 aromatic carbocycles. The molecule has 0 atom stereocenters. The molecule has 5 aromatic rings. The average molecular weight is 585 g/mol. The van der Waals surface area contributed by atoms with E-state index in [1.54, 1.807) is 28.4 Å². The van der Waals surface area contributed by atoms with E-state index < -0.39 is 5.60 Å². The minimum Gasteiger partial charge on any atom is -0.497 e. The molecule has 0 unspecified atom stereocenters. The number of hydrogen-bond acceptors (Lipinski definition) is 5.